The van der Waals surface area contributed by atoms with Crippen LogP contribution in [0.3, 0.4) is 0 Å². The van der Waals surface area contributed by atoms with Gasteiger partial charge in [-0.1, -0.05) is 0 Å². The molecule has 0 radical (unpaired) electrons. The third kappa shape index (κ3) is 4.29. The minimum absolute atomic E-state index is 0. The van der Waals surface area contributed by atoms with Gasteiger partial charge < -0.3 is 33.4 Å². The Kier molecular flexibility index (Phi) is 7.85. The molecule has 0 unspecified atom stereocenters. The number of carboxylic acids is 2. The van der Waals surface area contributed by atoms with Gasteiger partial charge in [0.05, 0.1) is 6.61 Å². The fraction of sp³-hybridized carbons (Fsp3) is 0.125. The minimum atomic E-state index is -1.76. The second-order valence-electron chi connectivity index (χ2n) is 4.91. The average Bonchev–Trinajstić information content (AvgIpc) is 2.53. The maximum atomic E-state index is 12.3. The van der Waals surface area contributed by atoms with Gasteiger partial charge in [0.2, 0.25) is 0 Å². The quantitative estimate of drug-likeness (QED) is 0.313. The summed E-state index contributed by atoms with van der Waals surface area (Å²) in [6, 6.07) is 2.50. The predicted molar refractivity (Wildman–Crippen MR) is 78.4 cm³/mol. The van der Waals surface area contributed by atoms with Crippen molar-refractivity contribution >= 4 is 33.9 Å². The number of carboxylic acid groups (broad SMARTS) is 2. The maximum absolute atomic E-state index is 12.3. The Hall–Kier alpha value is -1.62. The van der Waals surface area contributed by atoms with E-state index in [1.54, 1.807) is 6.92 Å². The first-order chi connectivity index (χ1) is 11.8. The van der Waals surface area contributed by atoms with Crippen molar-refractivity contribution in [1.29, 1.82) is 0 Å². The first-order valence-electron chi connectivity index (χ1n) is 6.97. The molecule has 0 bridgehead atoms. The molecular formula is C16H8Na2O9. The van der Waals surface area contributed by atoms with E-state index in [4.69, 9.17) is 13.6 Å². The topological polar surface area (TPSA) is 150 Å². The van der Waals surface area contributed by atoms with Gasteiger partial charge >= 0.3 is 59.1 Å². The molecule has 0 fully saturated rings. The summed E-state index contributed by atoms with van der Waals surface area (Å²) in [4.78, 5) is 46.5. The van der Waals surface area contributed by atoms with Crippen LogP contribution in [0.5, 0.6) is 5.75 Å². The van der Waals surface area contributed by atoms with E-state index >= 15 is 0 Å². The van der Waals surface area contributed by atoms with Gasteiger partial charge in [0.1, 0.15) is 34.0 Å². The van der Waals surface area contributed by atoms with Crippen molar-refractivity contribution in [2.75, 3.05) is 6.61 Å². The summed E-state index contributed by atoms with van der Waals surface area (Å²) in [5.74, 6) is -5.07. The van der Waals surface area contributed by atoms with Gasteiger partial charge in [0.15, 0.2) is 28.0 Å². The van der Waals surface area contributed by atoms with Crippen LogP contribution >= 0.6 is 0 Å². The average molecular weight is 390 g/mol. The van der Waals surface area contributed by atoms with Crippen molar-refractivity contribution in [3.8, 4) is 5.75 Å². The molecule has 3 rings (SSSR count). The molecule has 1 aromatic carbocycles. The van der Waals surface area contributed by atoms with Gasteiger partial charge in [-0.2, -0.15) is 0 Å². The fourth-order valence-corrected chi connectivity index (χ4v) is 2.40. The minimum Gasteiger partial charge on any atom is -0.542 e. The summed E-state index contributed by atoms with van der Waals surface area (Å²) < 4.78 is 15.5. The molecule has 11 heteroatoms. The van der Waals surface area contributed by atoms with Crippen molar-refractivity contribution in [2.45, 2.75) is 6.92 Å². The first kappa shape index (κ1) is 23.4. The van der Waals surface area contributed by atoms with Crippen LogP contribution in [0.25, 0.3) is 21.9 Å². The molecule has 0 aliphatic carbocycles. The number of fused-ring (bicyclic) bond motifs is 3. The zero-order chi connectivity index (χ0) is 18.3. The van der Waals surface area contributed by atoms with Crippen LogP contribution in [0.15, 0.2) is 36.6 Å². The molecule has 0 atom stereocenters. The van der Waals surface area contributed by atoms with E-state index in [9.17, 15) is 29.4 Å². The normalized spacial score (nSPS) is 10.1. The van der Waals surface area contributed by atoms with Gasteiger partial charge in [0.25, 0.3) is 0 Å². The number of aromatic carboxylic acids is 2. The van der Waals surface area contributed by atoms with Crippen LogP contribution in [0.4, 0.5) is 0 Å². The number of rotatable bonds is 4. The van der Waals surface area contributed by atoms with Gasteiger partial charge in [-0.15, -0.1) is 0 Å². The Morgan fingerprint density at radius 2 is 1.44 bits per heavy atom. The zero-order valence-electron chi connectivity index (χ0n) is 14.6. The number of carbonyl (C=O) groups is 2. The smallest absolute Gasteiger partial charge is 0.542 e. The molecule has 0 aliphatic rings. The van der Waals surface area contributed by atoms with Crippen LogP contribution in [-0.2, 0) is 0 Å². The molecule has 0 spiro atoms. The van der Waals surface area contributed by atoms with E-state index in [1.807, 2.05) is 0 Å². The van der Waals surface area contributed by atoms with E-state index in [0.29, 0.717) is 12.1 Å². The molecule has 128 valence electrons. The third-order valence-corrected chi connectivity index (χ3v) is 3.36. The van der Waals surface area contributed by atoms with Crippen molar-refractivity contribution in [3.63, 3.8) is 0 Å². The molecular weight excluding hydrogens is 382 g/mol. The second-order valence-corrected chi connectivity index (χ2v) is 4.91. The van der Waals surface area contributed by atoms with Gasteiger partial charge in [0, 0.05) is 18.2 Å². The van der Waals surface area contributed by atoms with Crippen LogP contribution in [0.2, 0.25) is 0 Å². The summed E-state index contributed by atoms with van der Waals surface area (Å²) >= 11 is 0. The summed E-state index contributed by atoms with van der Waals surface area (Å²) in [5, 5.41) is 21.5. The molecule has 0 aliphatic heterocycles. The van der Waals surface area contributed by atoms with Crippen molar-refractivity contribution in [3.05, 3.63) is 50.2 Å². The largest absolute Gasteiger partial charge is 1.00 e. The van der Waals surface area contributed by atoms with E-state index in [1.165, 1.54) is 0 Å². The Bertz CT molecular complexity index is 1160. The van der Waals surface area contributed by atoms with Crippen LogP contribution in [-0.4, -0.2) is 18.5 Å². The Morgan fingerprint density at radius 1 is 0.926 bits per heavy atom. The number of hydrogen-bond acceptors (Lipinski definition) is 9. The van der Waals surface area contributed by atoms with Crippen LogP contribution in [0.1, 0.15) is 28.0 Å². The third-order valence-electron chi connectivity index (χ3n) is 3.36. The standard InChI is InChI=1S/C16H10O9.2Na/c1-2-23-8-5-9-13(7(18)3-10(24-9)15(19)20)14-12(8)6(17)4-11(25-14)16(21)22;;/h3-5H,2H2,1H3,(H,19,20)(H,21,22);;/q;2*+1/p-2. The zero-order valence-corrected chi connectivity index (χ0v) is 18.6. The molecule has 0 saturated carbocycles. The van der Waals surface area contributed by atoms with Crippen molar-refractivity contribution in [2.24, 2.45) is 0 Å². The molecule has 2 heterocycles. The molecule has 0 N–H and O–H groups in total. The molecule has 0 amide bonds. The Labute approximate surface area is 194 Å². The number of benzene rings is 1. The number of hydrogen-bond donors (Lipinski definition) is 0. The van der Waals surface area contributed by atoms with Crippen LogP contribution < -0.4 is 84.9 Å². The van der Waals surface area contributed by atoms with Crippen LogP contribution in [0, 0.1) is 0 Å². The molecule has 0 saturated heterocycles. The second kappa shape index (κ2) is 9.05. The predicted octanol–water partition coefficient (Wildman–Crippen LogP) is -6.97. The van der Waals surface area contributed by atoms with Crippen molar-refractivity contribution < 1.29 is 92.5 Å². The number of carbonyl (C=O) groups excluding carboxylic acids is 2. The van der Waals surface area contributed by atoms with E-state index < -0.39 is 39.9 Å². The van der Waals surface area contributed by atoms with Gasteiger partial charge in [-0.3, -0.25) is 9.59 Å². The van der Waals surface area contributed by atoms with Gasteiger partial charge in [-0.25, -0.2) is 0 Å². The first-order valence-corrected chi connectivity index (χ1v) is 6.97. The van der Waals surface area contributed by atoms with E-state index in [0.717, 1.165) is 6.07 Å². The maximum Gasteiger partial charge on any atom is 1.00 e. The van der Waals surface area contributed by atoms with E-state index in [2.05, 4.69) is 0 Å². The fourth-order valence-electron chi connectivity index (χ4n) is 2.40. The SMILES string of the molecule is CCOc1cc2oc(C(=O)[O-])cc(=O)c2c2oc(C(=O)[O-])cc(=O)c12.[Na+].[Na+]. The van der Waals surface area contributed by atoms with E-state index in [-0.39, 0.29) is 87.8 Å². The van der Waals surface area contributed by atoms with Gasteiger partial charge in [-0.05, 0) is 6.92 Å². The molecule has 9 nitrogen and oxygen atoms in total. The Balaban J connectivity index is 0.00000182. The summed E-state index contributed by atoms with van der Waals surface area (Å²) in [6.07, 6.45) is 0. The summed E-state index contributed by atoms with van der Waals surface area (Å²) in [7, 11) is 0. The molecule has 27 heavy (non-hydrogen) atoms. The summed E-state index contributed by atoms with van der Waals surface area (Å²) in [5.41, 5.74) is -2.28. The summed E-state index contributed by atoms with van der Waals surface area (Å²) in [6.45, 7) is 1.76. The molecule has 3 aromatic rings. The molecule has 2 aromatic heterocycles. The Morgan fingerprint density at radius 3 is 1.96 bits per heavy atom. The van der Waals surface area contributed by atoms with Crippen molar-refractivity contribution in [1.82, 2.24) is 0 Å². The monoisotopic (exact) mass is 390 g/mol. The number of ether oxygens (including phenoxy) is 1.